The zero-order valence-corrected chi connectivity index (χ0v) is 49.3. The molecule has 0 aliphatic carbocycles. The summed E-state index contributed by atoms with van der Waals surface area (Å²) < 4.78 is 0. The van der Waals surface area contributed by atoms with Crippen molar-refractivity contribution >= 4 is 81.9 Å². The second-order valence-electron chi connectivity index (χ2n) is 21.3. The Labute approximate surface area is 504 Å². The number of carbonyl (C=O) groups is 9. The highest BCUT2D eigenvalue weighted by atomic mass is 16.4. The molecule has 4 rings (SSSR count). The van der Waals surface area contributed by atoms with Crippen molar-refractivity contribution in [1.82, 2.24) is 42.1 Å². The third-order valence-electron chi connectivity index (χ3n) is 14.2. The molecule has 0 unspecified atom stereocenters. The maximum atomic E-state index is 14.6. The van der Waals surface area contributed by atoms with Gasteiger partial charge in [0, 0.05) is 39.0 Å². The molecule has 30 heteroatoms. The van der Waals surface area contributed by atoms with Crippen LogP contribution in [0.3, 0.4) is 0 Å². The molecule has 3 aromatic carbocycles. The van der Waals surface area contributed by atoms with Crippen molar-refractivity contribution < 1.29 is 53.4 Å². The van der Waals surface area contributed by atoms with Gasteiger partial charge in [0.05, 0.1) is 6.04 Å². The second-order valence-corrected chi connectivity index (χ2v) is 21.3. The number of rotatable bonds is 36. The molecule has 1 aliphatic rings. The first-order valence-electron chi connectivity index (χ1n) is 28.9. The largest absolute Gasteiger partial charge is 0.508 e. The van der Waals surface area contributed by atoms with Gasteiger partial charge in [-0.3, -0.25) is 53.3 Å². The van der Waals surface area contributed by atoms with Crippen molar-refractivity contribution in [2.45, 2.75) is 152 Å². The molecule has 30 nitrogen and oxygen atoms in total. The Morgan fingerprint density at radius 3 is 1.60 bits per heavy atom. The van der Waals surface area contributed by atoms with Gasteiger partial charge < -0.3 is 98.2 Å². The summed E-state index contributed by atoms with van der Waals surface area (Å²) in [6.07, 6.45) is 2.18. The van der Waals surface area contributed by atoms with Crippen LogP contribution in [-0.4, -0.2) is 173 Å². The Balaban J connectivity index is 1.57. The fourth-order valence-electron chi connectivity index (χ4n) is 9.50. The first-order chi connectivity index (χ1) is 41.4. The standard InChI is InChI=1S/C57H87N19O11/c1-32(69-50(82)44(31-35-18-21-36-11-3-4-12-37(36)29-35)75-49(81)40(15-8-26-67-56(62)63)71-48(80)39(59)13-7-25-66-55(60)61)47(79)74-43(30-34-19-22-38(77)23-20-34)51(83)72-41(14-5-6-24-58)53(85)76-28-10-17-45(76)52(84)70-33(2)46(78)73-42(54(86)87)16-9-27-68-57(64)65/h3-4,11-12,18-23,29,32-33,39-45,77H,5-10,13-17,24-28,30-31,58-59H2,1-2H3,(H,69,82)(H,70,84)(H,71,80)(H,72,83)(H,73,78)(H,74,79)(H,75,81)(H,86,87)(H4,60,61,66)(H4,62,63,67)(H4,64,65,68)/t32-,33-,39-,40-,41+,42-,43-,44-,45-/m0/s1. The third-order valence-corrected chi connectivity index (χ3v) is 14.2. The van der Waals surface area contributed by atoms with E-state index in [0.717, 1.165) is 10.8 Å². The lowest BCUT2D eigenvalue weighted by atomic mass is 10.00. The number of aliphatic imine (C=N–C) groups is 3. The van der Waals surface area contributed by atoms with E-state index < -0.39 is 108 Å². The van der Waals surface area contributed by atoms with E-state index in [4.69, 9.17) is 45.9 Å². The van der Waals surface area contributed by atoms with E-state index in [-0.39, 0.29) is 114 Å². The van der Waals surface area contributed by atoms with Crippen molar-refractivity contribution in [2.24, 2.45) is 60.8 Å². The summed E-state index contributed by atoms with van der Waals surface area (Å²) in [7, 11) is 0. The minimum absolute atomic E-state index is 0.00971. The number of likely N-dealkylation sites (tertiary alicyclic amines) is 1. The van der Waals surface area contributed by atoms with E-state index in [1.54, 1.807) is 6.07 Å². The quantitative estimate of drug-likeness (QED) is 0.0152. The van der Waals surface area contributed by atoms with E-state index in [1.165, 1.54) is 43.0 Å². The minimum Gasteiger partial charge on any atom is -0.508 e. The third kappa shape index (κ3) is 24.3. The molecule has 9 atom stereocenters. The van der Waals surface area contributed by atoms with Crippen LogP contribution in [0.4, 0.5) is 0 Å². The Morgan fingerprint density at radius 1 is 0.540 bits per heavy atom. The van der Waals surface area contributed by atoms with E-state index in [2.05, 4.69) is 52.2 Å². The van der Waals surface area contributed by atoms with Crippen LogP contribution >= 0.6 is 0 Å². The lowest BCUT2D eigenvalue weighted by Gasteiger charge is -2.31. The number of benzene rings is 3. The zero-order valence-electron chi connectivity index (χ0n) is 49.3. The van der Waals surface area contributed by atoms with Gasteiger partial charge in [-0.25, -0.2) is 4.79 Å². The number of carboxylic acids is 1. The Morgan fingerprint density at radius 2 is 1.01 bits per heavy atom. The predicted octanol–water partition coefficient (Wildman–Crippen LogP) is -3.54. The number of fused-ring (bicyclic) bond motifs is 1. The number of nitrogens with two attached hydrogens (primary N) is 8. The summed E-state index contributed by atoms with van der Waals surface area (Å²) in [5.74, 6) is -7.90. The number of amides is 8. The fraction of sp³-hybridized carbons (Fsp3) is 0.509. The van der Waals surface area contributed by atoms with Gasteiger partial charge in [0.25, 0.3) is 0 Å². The summed E-state index contributed by atoms with van der Waals surface area (Å²) >= 11 is 0. The number of carbonyl (C=O) groups excluding carboxylic acids is 8. The summed E-state index contributed by atoms with van der Waals surface area (Å²) in [6, 6.07) is 7.46. The number of aromatic hydroxyl groups is 1. The minimum atomic E-state index is -1.42. The van der Waals surface area contributed by atoms with Gasteiger partial charge in [0.2, 0.25) is 47.3 Å². The topological polar surface area (TPSA) is 527 Å². The number of hydrogen-bond donors (Lipinski definition) is 17. The molecule has 0 spiro atoms. The molecular weight excluding hydrogens is 1130 g/mol. The average molecular weight is 1210 g/mol. The molecule has 0 radical (unpaired) electrons. The maximum absolute atomic E-state index is 14.6. The van der Waals surface area contributed by atoms with Gasteiger partial charge in [0.15, 0.2) is 17.9 Å². The van der Waals surface area contributed by atoms with Crippen LogP contribution in [0.2, 0.25) is 0 Å². The molecule has 1 fully saturated rings. The summed E-state index contributed by atoms with van der Waals surface area (Å²) in [5.41, 5.74) is 45.7. The maximum Gasteiger partial charge on any atom is 0.326 e. The van der Waals surface area contributed by atoms with Gasteiger partial charge >= 0.3 is 5.97 Å². The Bertz CT molecular complexity index is 2910. The van der Waals surface area contributed by atoms with Crippen LogP contribution in [0.5, 0.6) is 5.75 Å². The number of guanidine groups is 3. The predicted molar refractivity (Wildman–Crippen MR) is 327 cm³/mol. The number of phenolic OH excluding ortho intramolecular Hbond substituents is 1. The van der Waals surface area contributed by atoms with Gasteiger partial charge in [-0.1, -0.05) is 54.6 Å². The lowest BCUT2D eigenvalue weighted by molar-refractivity contribution is -0.143. The van der Waals surface area contributed by atoms with Crippen LogP contribution in [0, 0.1) is 0 Å². The molecule has 0 aromatic heterocycles. The number of carboxylic acid groups (broad SMARTS) is 1. The van der Waals surface area contributed by atoms with Crippen LogP contribution in [-0.2, 0) is 56.0 Å². The monoisotopic (exact) mass is 1210 g/mol. The SMILES string of the molecule is C[C@H](NC(=O)[C@H](Cc1ccc2ccccc2c1)NC(=O)[C@H](CCCN=C(N)N)NC(=O)[C@@H](N)CCCN=C(N)N)C(=O)N[C@@H](Cc1ccc(O)cc1)C(=O)N[C@H](CCCCN)C(=O)N1CCC[C@H]1C(=O)N[C@@H](C)C(=O)N[C@@H](CCCN=C(N)N)C(=O)O. The number of phenols is 1. The van der Waals surface area contributed by atoms with E-state index in [9.17, 15) is 53.4 Å². The van der Waals surface area contributed by atoms with Crippen molar-refractivity contribution in [3.63, 3.8) is 0 Å². The highest BCUT2D eigenvalue weighted by Gasteiger charge is 2.40. The fourth-order valence-corrected chi connectivity index (χ4v) is 9.50. The van der Waals surface area contributed by atoms with Gasteiger partial charge in [-0.15, -0.1) is 0 Å². The average Bonchev–Trinajstić information content (AvgIpc) is 3.82. The molecule has 476 valence electrons. The van der Waals surface area contributed by atoms with Crippen molar-refractivity contribution in [1.29, 1.82) is 0 Å². The summed E-state index contributed by atoms with van der Waals surface area (Å²) in [4.78, 5) is 138. The van der Waals surface area contributed by atoms with Crippen molar-refractivity contribution in [2.75, 3.05) is 32.7 Å². The molecular formula is C57H87N19O11. The molecule has 1 heterocycles. The highest BCUT2D eigenvalue weighted by molar-refractivity contribution is 5.98. The first kappa shape index (κ1) is 70.2. The van der Waals surface area contributed by atoms with Gasteiger partial charge in [0.1, 0.15) is 54.1 Å². The van der Waals surface area contributed by atoms with E-state index in [0.29, 0.717) is 36.8 Å². The van der Waals surface area contributed by atoms with Crippen molar-refractivity contribution in [3.05, 3.63) is 77.9 Å². The molecule has 87 heavy (non-hydrogen) atoms. The Kier molecular flexibility index (Phi) is 28.9. The number of nitrogens with one attached hydrogen (secondary N) is 7. The van der Waals surface area contributed by atoms with Crippen molar-refractivity contribution in [3.8, 4) is 5.75 Å². The van der Waals surface area contributed by atoms with E-state index in [1.807, 2.05) is 36.4 Å². The lowest BCUT2D eigenvalue weighted by Crippen LogP contribution is -2.60. The first-order valence-corrected chi connectivity index (χ1v) is 28.9. The van der Waals surface area contributed by atoms with Crippen LogP contribution in [0.25, 0.3) is 10.8 Å². The molecule has 0 saturated carbocycles. The molecule has 1 aliphatic heterocycles. The van der Waals surface area contributed by atoms with Gasteiger partial charge in [-0.05, 0) is 125 Å². The molecule has 8 amide bonds. The number of unbranched alkanes of at least 4 members (excludes halogenated alkanes) is 1. The summed E-state index contributed by atoms with van der Waals surface area (Å²) in [5, 5.41) is 40.2. The zero-order chi connectivity index (χ0) is 64.2. The smallest absolute Gasteiger partial charge is 0.326 e. The highest BCUT2D eigenvalue weighted by Crippen LogP contribution is 2.22. The van der Waals surface area contributed by atoms with Crippen LogP contribution < -0.4 is 83.1 Å². The number of nitrogens with zero attached hydrogens (tertiary/aromatic N) is 4. The van der Waals surface area contributed by atoms with Gasteiger partial charge in [-0.2, -0.15) is 0 Å². The number of aliphatic carboxylic acids is 1. The normalized spacial score (nSPS) is 15.5. The van der Waals surface area contributed by atoms with Crippen LogP contribution in [0.1, 0.15) is 95.6 Å². The molecule has 1 saturated heterocycles. The number of hydrogen-bond acceptors (Lipinski definition) is 15. The van der Waals surface area contributed by atoms with E-state index >= 15 is 0 Å². The molecule has 3 aromatic rings. The Hall–Kier alpha value is -9.32. The van der Waals surface area contributed by atoms with Crippen LogP contribution in [0.15, 0.2) is 81.7 Å². The molecule has 25 N–H and O–H groups in total. The molecule has 0 bridgehead atoms. The summed E-state index contributed by atoms with van der Waals surface area (Å²) in [6.45, 7) is 3.53. The second kappa shape index (κ2) is 35.9.